The molecule has 0 spiro atoms. The van der Waals surface area contributed by atoms with Crippen LogP contribution in [-0.2, 0) is 6.42 Å². The van der Waals surface area contributed by atoms with Crippen molar-refractivity contribution in [1.29, 1.82) is 0 Å². The van der Waals surface area contributed by atoms with Gasteiger partial charge in [0.2, 0.25) is 0 Å². The van der Waals surface area contributed by atoms with E-state index in [2.05, 4.69) is 28.8 Å². The summed E-state index contributed by atoms with van der Waals surface area (Å²) < 4.78 is 5.32. The Labute approximate surface area is 150 Å². The Morgan fingerprint density at radius 1 is 1.29 bits per heavy atom. The first-order chi connectivity index (χ1) is 9.86. The van der Waals surface area contributed by atoms with E-state index >= 15 is 0 Å². The molecule has 0 unspecified atom stereocenters. The fourth-order valence-corrected chi connectivity index (χ4v) is 2.06. The minimum atomic E-state index is 0. The first-order valence-corrected chi connectivity index (χ1v) is 8.79. The average Bonchev–Trinajstić information content (AvgIpc) is 2.96. The largest absolute Gasteiger partial charge is 0.469 e. The Morgan fingerprint density at radius 3 is 2.76 bits per heavy atom. The van der Waals surface area contributed by atoms with Gasteiger partial charge in [0.1, 0.15) is 5.76 Å². The lowest BCUT2D eigenvalue weighted by Crippen LogP contribution is -2.39. The Hall–Kier alpha value is -0.370. The Kier molecular flexibility index (Phi) is 14.3. The first-order valence-electron chi connectivity index (χ1n) is 7.40. The molecule has 0 bridgehead atoms. The second-order valence-electron chi connectivity index (χ2n) is 4.61. The molecule has 0 saturated heterocycles. The van der Waals surface area contributed by atoms with Crippen molar-refractivity contribution in [3.63, 3.8) is 0 Å². The van der Waals surface area contributed by atoms with Crippen molar-refractivity contribution in [3.8, 4) is 0 Å². The van der Waals surface area contributed by atoms with Gasteiger partial charge in [-0.1, -0.05) is 19.8 Å². The molecule has 1 aromatic heterocycles. The SMILES string of the molecule is CCCCCN=C(NCCSC)NCCc1ccco1.I. The predicted molar refractivity (Wildman–Crippen MR) is 104 cm³/mol. The van der Waals surface area contributed by atoms with E-state index in [0.29, 0.717) is 0 Å². The lowest BCUT2D eigenvalue weighted by atomic mass is 10.2. The van der Waals surface area contributed by atoms with E-state index in [9.17, 15) is 0 Å². The maximum atomic E-state index is 5.32. The molecule has 21 heavy (non-hydrogen) atoms. The zero-order valence-electron chi connectivity index (χ0n) is 13.1. The lowest BCUT2D eigenvalue weighted by Gasteiger charge is -2.11. The highest BCUT2D eigenvalue weighted by atomic mass is 127. The summed E-state index contributed by atoms with van der Waals surface area (Å²) >= 11 is 1.84. The molecule has 0 aliphatic heterocycles. The van der Waals surface area contributed by atoms with Gasteiger partial charge < -0.3 is 15.1 Å². The van der Waals surface area contributed by atoms with E-state index < -0.39 is 0 Å². The third-order valence-corrected chi connectivity index (χ3v) is 3.49. The number of aliphatic imine (C=N–C) groups is 1. The highest BCUT2D eigenvalue weighted by molar-refractivity contribution is 14.0. The van der Waals surface area contributed by atoms with E-state index in [-0.39, 0.29) is 24.0 Å². The minimum Gasteiger partial charge on any atom is -0.469 e. The number of guanidine groups is 1. The molecule has 0 aliphatic rings. The van der Waals surface area contributed by atoms with Gasteiger partial charge in [-0.15, -0.1) is 24.0 Å². The van der Waals surface area contributed by atoms with E-state index in [1.54, 1.807) is 6.26 Å². The quantitative estimate of drug-likeness (QED) is 0.261. The summed E-state index contributed by atoms with van der Waals surface area (Å²) in [5.41, 5.74) is 0. The van der Waals surface area contributed by atoms with Gasteiger partial charge in [-0.2, -0.15) is 11.8 Å². The van der Waals surface area contributed by atoms with Crippen LogP contribution in [0.1, 0.15) is 31.9 Å². The lowest BCUT2D eigenvalue weighted by molar-refractivity contribution is 0.507. The normalized spacial score (nSPS) is 11.0. The molecule has 0 fully saturated rings. The fourth-order valence-electron chi connectivity index (χ4n) is 1.76. The maximum Gasteiger partial charge on any atom is 0.191 e. The highest BCUT2D eigenvalue weighted by Gasteiger charge is 1.99. The van der Waals surface area contributed by atoms with Gasteiger partial charge >= 0.3 is 0 Å². The van der Waals surface area contributed by atoms with E-state index in [1.807, 2.05) is 23.9 Å². The van der Waals surface area contributed by atoms with Gasteiger partial charge in [-0.3, -0.25) is 4.99 Å². The number of hydrogen-bond acceptors (Lipinski definition) is 3. The van der Waals surface area contributed by atoms with Crippen molar-refractivity contribution in [2.75, 3.05) is 31.6 Å². The number of nitrogens with zero attached hydrogens (tertiary/aromatic N) is 1. The van der Waals surface area contributed by atoms with Crippen LogP contribution in [-0.4, -0.2) is 37.6 Å². The maximum absolute atomic E-state index is 5.32. The van der Waals surface area contributed by atoms with Crippen LogP contribution in [0.2, 0.25) is 0 Å². The van der Waals surface area contributed by atoms with Gasteiger partial charge in [-0.25, -0.2) is 0 Å². The molecule has 4 nitrogen and oxygen atoms in total. The molecule has 1 rings (SSSR count). The monoisotopic (exact) mass is 425 g/mol. The summed E-state index contributed by atoms with van der Waals surface area (Å²) in [7, 11) is 0. The summed E-state index contributed by atoms with van der Waals surface area (Å²) in [5, 5.41) is 6.73. The van der Waals surface area contributed by atoms with Crippen LogP contribution >= 0.6 is 35.7 Å². The van der Waals surface area contributed by atoms with Crippen molar-refractivity contribution in [2.24, 2.45) is 4.99 Å². The van der Waals surface area contributed by atoms with Crippen LogP contribution in [0, 0.1) is 0 Å². The summed E-state index contributed by atoms with van der Waals surface area (Å²) in [6, 6.07) is 3.92. The van der Waals surface area contributed by atoms with Crippen LogP contribution in [0.15, 0.2) is 27.8 Å². The van der Waals surface area contributed by atoms with Crippen LogP contribution < -0.4 is 10.6 Å². The summed E-state index contributed by atoms with van der Waals surface area (Å²) in [6.45, 7) is 4.89. The number of hydrogen-bond donors (Lipinski definition) is 2. The van der Waals surface area contributed by atoms with Gasteiger partial charge in [0.15, 0.2) is 5.96 Å². The predicted octanol–water partition coefficient (Wildman–Crippen LogP) is 3.53. The third kappa shape index (κ3) is 10.9. The number of halogens is 1. The van der Waals surface area contributed by atoms with Crippen molar-refractivity contribution in [3.05, 3.63) is 24.2 Å². The molecule has 2 N–H and O–H groups in total. The summed E-state index contributed by atoms with van der Waals surface area (Å²) in [5.74, 6) is 3.02. The van der Waals surface area contributed by atoms with Crippen LogP contribution in [0.25, 0.3) is 0 Å². The molecular formula is C15H28IN3OS. The fraction of sp³-hybridized carbons (Fsp3) is 0.667. The molecule has 0 amide bonds. The molecule has 0 atom stereocenters. The number of nitrogens with one attached hydrogen (secondary N) is 2. The summed E-state index contributed by atoms with van der Waals surface area (Å²) in [4.78, 5) is 4.61. The molecule has 6 heteroatoms. The zero-order valence-corrected chi connectivity index (χ0v) is 16.2. The standard InChI is InChI=1S/C15H27N3OS.HI/c1-3-4-5-9-16-15(18-11-13-20-2)17-10-8-14-7-6-12-19-14;/h6-7,12H,3-5,8-11,13H2,1-2H3,(H2,16,17,18);1H. The molecule has 0 aromatic carbocycles. The Bertz CT molecular complexity index is 358. The smallest absolute Gasteiger partial charge is 0.191 e. The molecule has 0 radical (unpaired) electrons. The second kappa shape index (κ2) is 14.6. The van der Waals surface area contributed by atoms with Crippen LogP contribution in [0.4, 0.5) is 0 Å². The number of furan rings is 1. The number of rotatable bonds is 10. The Balaban J connectivity index is 0.00000400. The van der Waals surface area contributed by atoms with Gasteiger partial charge in [0.05, 0.1) is 6.26 Å². The van der Waals surface area contributed by atoms with E-state index in [4.69, 9.17) is 4.42 Å². The van der Waals surface area contributed by atoms with Crippen molar-refractivity contribution in [1.82, 2.24) is 10.6 Å². The van der Waals surface area contributed by atoms with E-state index in [0.717, 1.165) is 49.9 Å². The van der Waals surface area contributed by atoms with Crippen molar-refractivity contribution in [2.45, 2.75) is 32.6 Å². The first kappa shape index (κ1) is 20.6. The van der Waals surface area contributed by atoms with Gasteiger partial charge in [0, 0.05) is 31.8 Å². The third-order valence-electron chi connectivity index (χ3n) is 2.87. The zero-order chi connectivity index (χ0) is 14.5. The molecule has 0 saturated carbocycles. The molecule has 122 valence electrons. The van der Waals surface area contributed by atoms with Crippen molar-refractivity contribution < 1.29 is 4.42 Å². The van der Waals surface area contributed by atoms with Gasteiger partial charge in [0.25, 0.3) is 0 Å². The molecular weight excluding hydrogens is 397 g/mol. The molecule has 0 aliphatic carbocycles. The number of thioether (sulfide) groups is 1. The average molecular weight is 425 g/mol. The molecule has 1 heterocycles. The van der Waals surface area contributed by atoms with Crippen LogP contribution in [0.5, 0.6) is 0 Å². The second-order valence-corrected chi connectivity index (χ2v) is 5.60. The van der Waals surface area contributed by atoms with Gasteiger partial charge in [-0.05, 0) is 24.8 Å². The van der Waals surface area contributed by atoms with E-state index in [1.165, 1.54) is 12.8 Å². The minimum absolute atomic E-state index is 0. The molecule has 1 aromatic rings. The van der Waals surface area contributed by atoms with Crippen LogP contribution in [0.3, 0.4) is 0 Å². The Morgan fingerprint density at radius 2 is 2.10 bits per heavy atom. The topological polar surface area (TPSA) is 49.6 Å². The summed E-state index contributed by atoms with van der Waals surface area (Å²) in [6.07, 6.45) is 8.34. The van der Waals surface area contributed by atoms with Crippen molar-refractivity contribution >= 4 is 41.7 Å². The highest BCUT2D eigenvalue weighted by Crippen LogP contribution is 1.99. The number of unbranched alkanes of at least 4 members (excludes halogenated alkanes) is 2.